The van der Waals surface area contributed by atoms with Crippen LogP contribution in [0.3, 0.4) is 0 Å². The Bertz CT molecular complexity index is 493. The van der Waals surface area contributed by atoms with Crippen molar-refractivity contribution < 1.29 is 8.42 Å². The number of benzene rings is 1. The molecule has 0 amide bonds. The fourth-order valence-electron chi connectivity index (χ4n) is 2.19. The first-order valence-corrected chi connectivity index (χ1v) is 6.55. The van der Waals surface area contributed by atoms with Crippen LogP contribution >= 0.6 is 0 Å². The number of sulfone groups is 1. The number of hydrogen-bond acceptors (Lipinski definition) is 3. The first-order chi connectivity index (χ1) is 6.98. The van der Waals surface area contributed by atoms with Gasteiger partial charge in [-0.15, -0.1) is 0 Å². The van der Waals surface area contributed by atoms with Gasteiger partial charge in [0.1, 0.15) is 0 Å². The number of fused-ring (bicyclic) bond motifs is 1. The topological polar surface area (TPSA) is 46.2 Å². The second kappa shape index (κ2) is 3.32. The van der Waals surface area contributed by atoms with Crippen LogP contribution in [0.25, 0.3) is 0 Å². The summed E-state index contributed by atoms with van der Waals surface area (Å²) in [6.07, 6.45) is 0. The molecule has 0 radical (unpaired) electrons. The van der Waals surface area contributed by atoms with Crippen molar-refractivity contribution in [3.8, 4) is 0 Å². The van der Waals surface area contributed by atoms with E-state index in [0.717, 1.165) is 11.1 Å². The maximum Gasteiger partial charge on any atom is 0.183 e. The van der Waals surface area contributed by atoms with Gasteiger partial charge in [-0.1, -0.05) is 17.7 Å². The van der Waals surface area contributed by atoms with E-state index in [2.05, 4.69) is 5.32 Å². The average molecular weight is 225 g/mol. The van der Waals surface area contributed by atoms with Crippen LogP contribution in [0.5, 0.6) is 0 Å². The van der Waals surface area contributed by atoms with E-state index in [0.29, 0.717) is 4.90 Å². The fourth-order valence-corrected chi connectivity index (χ4v) is 4.01. The molecule has 2 unspecified atom stereocenters. The number of aryl methyl sites for hydroxylation is 1. The molecule has 0 spiro atoms. The molecule has 4 heteroatoms. The van der Waals surface area contributed by atoms with Crippen LogP contribution in [0.15, 0.2) is 23.1 Å². The lowest BCUT2D eigenvalue weighted by Crippen LogP contribution is -2.26. The zero-order valence-electron chi connectivity index (χ0n) is 9.11. The Morgan fingerprint density at radius 1 is 1.33 bits per heavy atom. The van der Waals surface area contributed by atoms with Crippen molar-refractivity contribution in [1.29, 1.82) is 0 Å². The van der Waals surface area contributed by atoms with E-state index in [-0.39, 0.29) is 11.3 Å². The van der Waals surface area contributed by atoms with Crippen LogP contribution in [-0.2, 0) is 9.84 Å². The highest BCUT2D eigenvalue weighted by atomic mass is 32.2. The summed E-state index contributed by atoms with van der Waals surface area (Å²) in [5, 5.41) is 2.70. The highest BCUT2D eigenvalue weighted by Crippen LogP contribution is 2.38. The monoisotopic (exact) mass is 225 g/mol. The van der Waals surface area contributed by atoms with E-state index in [1.54, 1.807) is 20.0 Å². The van der Waals surface area contributed by atoms with Crippen molar-refractivity contribution in [2.75, 3.05) is 7.05 Å². The zero-order chi connectivity index (χ0) is 11.2. The highest BCUT2D eigenvalue weighted by Gasteiger charge is 2.41. The van der Waals surface area contributed by atoms with Gasteiger partial charge in [-0.25, -0.2) is 8.42 Å². The molecule has 1 aromatic rings. The molecule has 0 fully saturated rings. The van der Waals surface area contributed by atoms with Gasteiger partial charge in [0, 0.05) is 0 Å². The van der Waals surface area contributed by atoms with Crippen LogP contribution in [0.4, 0.5) is 0 Å². The van der Waals surface area contributed by atoms with Crippen LogP contribution in [0.1, 0.15) is 24.1 Å². The lowest BCUT2D eigenvalue weighted by Gasteiger charge is -2.13. The molecule has 3 nitrogen and oxygen atoms in total. The van der Waals surface area contributed by atoms with Gasteiger partial charge in [0.25, 0.3) is 0 Å². The molecule has 1 aliphatic rings. The van der Waals surface area contributed by atoms with Gasteiger partial charge in [-0.05, 0) is 32.5 Å². The summed E-state index contributed by atoms with van der Waals surface area (Å²) in [4.78, 5) is 0.486. The smallest absolute Gasteiger partial charge is 0.183 e. The van der Waals surface area contributed by atoms with Gasteiger partial charge in [-0.2, -0.15) is 0 Å². The molecule has 2 rings (SSSR count). The average Bonchev–Trinajstić information content (AvgIpc) is 2.35. The van der Waals surface area contributed by atoms with E-state index in [4.69, 9.17) is 0 Å². The van der Waals surface area contributed by atoms with Gasteiger partial charge in [0.15, 0.2) is 9.84 Å². The molecule has 82 valence electrons. The Morgan fingerprint density at radius 2 is 2.00 bits per heavy atom. The summed E-state index contributed by atoms with van der Waals surface area (Å²) in [6, 6.07) is 5.44. The van der Waals surface area contributed by atoms with E-state index in [1.807, 2.05) is 19.1 Å². The maximum atomic E-state index is 12.0. The first kappa shape index (κ1) is 10.6. The number of rotatable bonds is 1. The molecular formula is C11H15NO2S. The van der Waals surface area contributed by atoms with Crippen LogP contribution in [0, 0.1) is 6.92 Å². The minimum absolute atomic E-state index is 0.0788. The third-order valence-electron chi connectivity index (χ3n) is 3.08. The molecule has 0 bridgehead atoms. The third kappa shape index (κ3) is 1.40. The van der Waals surface area contributed by atoms with E-state index in [1.165, 1.54) is 0 Å². The molecule has 1 aliphatic heterocycles. The van der Waals surface area contributed by atoms with E-state index >= 15 is 0 Å². The van der Waals surface area contributed by atoms with Crippen molar-refractivity contribution in [1.82, 2.24) is 5.32 Å². The molecule has 1 aromatic carbocycles. The van der Waals surface area contributed by atoms with Crippen LogP contribution in [0.2, 0.25) is 0 Å². The summed E-state index contributed by atoms with van der Waals surface area (Å²) < 4.78 is 24.0. The largest absolute Gasteiger partial charge is 0.312 e. The zero-order valence-corrected chi connectivity index (χ0v) is 9.93. The van der Waals surface area contributed by atoms with Gasteiger partial charge in [0.2, 0.25) is 0 Å². The van der Waals surface area contributed by atoms with Gasteiger partial charge >= 0.3 is 0 Å². The summed E-state index contributed by atoms with van der Waals surface area (Å²) >= 11 is 0. The van der Waals surface area contributed by atoms with Crippen molar-refractivity contribution in [2.24, 2.45) is 0 Å². The summed E-state index contributed by atoms with van der Waals surface area (Å²) in [7, 11) is -1.33. The van der Waals surface area contributed by atoms with Gasteiger partial charge in [0.05, 0.1) is 16.2 Å². The molecule has 0 saturated heterocycles. The predicted octanol–water partition coefficient (Wildman–Crippen LogP) is 1.43. The Morgan fingerprint density at radius 3 is 2.60 bits per heavy atom. The van der Waals surface area contributed by atoms with Crippen molar-refractivity contribution >= 4 is 9.84 Å². The molecule has 0 saturated carbocycles. The Balaban J connectivity index is 2.70. The van der Waals surface area contributed by atoms with Crippen LogP contribution in [-0.4, -0.2) is 20.7 Å². The molecule has 1 heterocycles. The SMILES string of the molecule is CNC1c2cc(C)ccc2S(=O)(=O)C1C. The molecule has 0 aliphatic carbocycles. The van der Waals surface area contributed by atoms with Crippen molar-refractivity contribution in [2.45, 2.75) is 30.0 Å². The molecule has 1 N–H and O–H groups in total. The normalized spacial score (nSPS) is 27.7. The standard InChI is InChI=1S/C11H15NO2S/c1-7-4-5-10-9(6-7)11(12-3)8(2)15(10,13)14/h4-6,8,11-12H,1-3H3. The lowest BCUT2D eigenvalue weighted by atomic mass is 10.0. The Hall–Kier alpha value is -0.870. The van der Waals surface area contributed by atoms with E-state index < -0.39 is 9.84 Å². The van der Waals surface area contributed by atoms with Crippen molar-refractivity contribution in [3.63, 3.8) is 0 Å². The Kier molecular flexibility index (Phi) is 2.35. The highest BCUT2D eigenvalue weighted by molar-refractivity contribution is 7.92. The summed E-state index contributed by atoms with van der Waals surface area (Å²) in [5.41, 5.74) is 2.00. The maximum absolute atomic E-state index is 12.0. The lowest BCUT2D eigenvalue weighted by molar-refractivity contribution is 0.553. The fraction of sp³-hybridized carbons (Fsp3) is 0.455. The summed E-state index contributed by atoms with van der Waals surface area (Å²) in [5.74, 6) is 0. The molecule has 2 atom stereocenters. The summed E-state index contributed by atoms with van der Waals surface area (Å²) in [6.45, 7) is 3.73. The number of hydrogen-bond donors (Lipinski definition) is 1. The van der Waals surface area contributed by atoms with Gasteiger partial charge < -0.3 is 5.32 Å². The second-order valence-corrected chi connectivity index (χ2v) is 6.33. The van der Waals surface area contributed by atoms with Gasteiger partial charge in [-0.3, -0.25) is 0 Å². The molecule has 15 heavy (non-hydrogen) atoms. The minimum Gasteiger partial charge on any atom is -0.312 e. The number of nitrogens with one attached hydrogen (secondary N) is 1. The Labute approximate surface area is 90.4 Å². The minimum atomic E-state index is -3.12. The quantitative estimate of drug-likeness (QED) is 0.786. The molecular weight excluding hydrogens is 210 g/mol. The molecule has 0 aromatic heterocycles. The third-order valence-corrected chi connectivity index (χ3v) is 5.31. The van der Waals surface area contributed by atoms with E-state index in [9.17, 15) is 8.42 Å². The predicted molar refractivity (Wildman–Crippen MR) is 59.6 cm³/mol. The van der Waals surface area contributed by atoms with Crippen LogP contribution < -0.4 is 5.32 Å². The van der Waals surface area contributed by atoms with Crippen molar-refractivity contribution in [3.05, 3.63) is 29.3 Å². The first-order valence-electron chi connectivity index (χ1n) is 5.00. The second-order valence-electron chi connectivity index (χ2n) is 4.06.